The maximum absolute atomic E-state index is 12.3. The number of carbonyl (C=O) groups is 1. The van der Waals surface area contributed by atoms with Gasteiger partial charge in [0, 0.05) is 18.1 Å². The molecule has 1 aromatic carbocycles. The molecule has 1 amide bonds. The van der Waals surface area contributed by atoms with Gasteiger partial charge in [-0.15, -0.1) is 0 Å². The Hall–Kier alpha value is -1.22. The number of hydrogen-bond donors (Lipinski definition) is 0. The number of nitrogens with zero attached hydrogens (tertiary/aromatic N) is 1. The molecule has 19 heavy (non-hydrogen) atoms. The Balaban J connectivity index is 1.94. The molecule has 1 saturated carbocycles. The summed E-state index contributed by atoms with van der Waals surface area (Å²) in [6.07, 6.45) is 1.95. The SMILES string of the molecule is CC(Oc1cccc(Cl)c1)C(=O)N(C)C(C)C1CC1. The molecule has 0 aromatic heterocycles. The van der Waals surface area contributed by atoms with Crippen molar-refractivity contribution in [3.05, 3.63) is 29.3 Å². The lowest BCUT2D eigenvalue weighted by Crippen LogP contribution is -2.43. The molecule has 1 aliphatic rings. The second-order valence-electron chi connectivity index (χ2n) is 5.24. The molecule has 1 fully saturated rings. The first kappa shape index (κ1) is 14.2. The van der Waals surface area contributed by atoms with Crippen LogP contribution in [0, 0.1) is 5.92 Å². The van der Waals surface area contributed by atoms with Crippen LogP contribution < -0.4 is 4.74 Å². The molecule has 104 valence electrons. The van der Waals surface area contributed by atoms with E-state index in [4.69, 9.17) is 16.3 Å². The Morgan fingerprint density at radius 3 is 2.68 bits per heavy atom. The lowest BCUT2D eigenvalue weighted by molar-refractivity contribution is -0.138. The first-order chi connectivity index (χ1) is 8.99. The largest absolute Gasteiger partial charge is 0.481 e. The van der Waals surface area contributed by atoms with Gasteiger partial charge in [0.05, 0.1) is 0 Å². The zero-order valence-corrected chi connectivity index (χ0v) is 12.4. The van der Waals surface area contributed by atoms with Crippen LogP contribution in [0.1, 0.15) is 26.7 Å². The zero-order chi connectivity index (χ0) is 14.0. The normalized spacial score (nSPS) is 17.7. The maximum atomic E-state index is 12.3. The summed E-state index contributed by atoms with van der Waals surface area (Å²) in [5.41, 5.74) is 0. The summed E-state index contributed by atoms with van der Waals surface area (Å²) in [5.74, 6) is 1.30. The molecule has 1 aromatic rings. The first-order valence-corrected chi connectivity index (χ1v) is 7.05. The summed E-state index contributed by atoms with van der Waals surface area (Å²) in [5, 5.41) is 0.608. The fourth-order valence-corrected chi connectivity index (χ4v) is 2.36. The average molecular weight is 282 g/mol. The van der Waals surface area contributed by atoms with Gasteiger partial charge in [-0.3, -0.25) is 4.79 Å². The van der Waals surface area contributed by atoms with Gasteiger partial charge in [0.15, 0.2) is 6.10 Å². The number of hydrogen-bond acceptors (Lipinski definition) is 2. The summed E-state index contributed by atoms with van der Waals surface area (Å²) < 4.78 is 5.65. The lowest BCUT2D eigenvalue weighted by atomic mass is 10.2. The molecule has 0 bridgehead atoms. The molecule has 0 spiro atoms. The van der Waals surface area contributed by atoms with Gasteiger partial charge < -0.3 is 9.64 Å². The number of rotatable bonds is 5. The van der Waals surface area contributed by atoms with Crippen molar-refractivity contribution >= 4 is 17.5 Å². The highest BCUT2D eigenvalue weighted by molar-refractivity contribution is 6.30. The van der Waals surface area contributed by atoms with Gasteiger partial charge >= 0.3 is 0 Å². The van der Waals surface area contributed by atoms with Crippen LogP contribution in [0.25, 0.3) is 0 Å². The van der Waals surface area contributed by atoms with Crippen LogP contribution in [0.4, 0.5) is 0 Å². The third-order valence-electron chi connectivity index (χ3n) is 3.72. The topological polar surface area (TPSA) is 29.5 Å². The summed E-state index contributed by atoms with van der Waals surface area (Å²) in [6.45, 7) is 3.88. The molecule has 2 atom stereocenters. The highest BCUT2D eigenvalue weighted by Crippen LogP contribution is 2.34. The van der Waals surface area contributed by atoms with Crippen molar-refractivity contribution < 1.29 is 9.53 Å². The minimum Gasteiger partial charge on any atom is -0.481 e. The molecule has 2 unspecified atom stereocenters. The van der Waals surface area contributed by atoms with Crippen LogP contribution in [0.15, 0.2) is 24.3 Å². The van der Waals surface area contributed by atoms with Gasteiger partial charge in [-0.25, -0.2) is 0 Å². The fourth-order valence-electron chi connectivity index (χ4n) is 2.18. The molecular weight excluding hydrogens is 262 g/mol. The van der Waals surface area contributed by atoms with Crippen molar-refractivity contribution in [1.82, 2.24) is 4.90 Å². The van der Waals surface area contributed by atoms with E-state index in [1.807, 2.05) is 13.1 Å². The summed E-state index contributed by atoms with van der Waals surface area (Å²) in [4.78, 5) is 14.1. The average Bonchev–Trinajstić information content (AvgIpc) is 3.20. The molecule has 1 aliphatic carbocycles. The summed E-state index contributed by atoms with van der Waals surface area (Å²) in [6, 6.07) is 7.40. The number of amides is 1. The number of benzene rings is 1. The highest BCUT2D eigenvalue weighted by Gasteiger charge is 2.34. The van der Waals surface area contributed by atoms with E-state index in [1.165, 1.54) is 12.8 Å². The predicted octanol–water partition coefficient (Wildman–Crippen LogP) is 3.36. The number of ether oxygens (including phenoxy) is 1. The van der Waals surface area contributed by atoms with Gasteiger partial charge in [-0.05, 0) is 50.8 Å². The highest BCUT2D eigenvalue weighted by atomic mass is 35.5. The van der Waals surface area contributed by atoms with Crippen molar-refractivity contribution in [2.75, 3.05) is 7.05 Å². The van der Waals surface area contributed by atoms with Crippen LogP contribution in [-0.4, -0.2) is 30.0 Å². The molecule has 3 nitrogen and oxygen atoms in total. The molecule has 0 heterocycles. The second kappa shape index (κ2) is 5.83. The number of carbonyl (C=O) groups excluding carboxylic acids is 1. The molecule has 0 saturated heterocycles. The maximum Gasteiger partial charge on any atom is 0.263 e. The Morgan fingerprint density at radius 2 is 2.11 bits per heavy atom. The minimum absolute atomic E-state index is 0.0133. The van der Waals surface area contributed by atoms with E-state index in [-0.39, 0.29) is 11.9 Å². The number of likely N-dealkylation sites (N-methyl/N-ethyl adjacent to an activating group) is 1. The van der Waals surface area contributed by atoms with Crippen LogP contribution in [0.3, 0.4) is 0 Å². The third kappa shape index (κ3) is 3.63. The van der Waals surface area contributed by atoms with Crippen molar-refractivity contribution in [3.8, 4) is 5.75 Å². The molecule has 0 N–H and O–H groups in total. The number of halogens is 1. The summed E-state index contributed by atoms with van der Waals surface area (Å²) in [7, 11) is 1.85. The van der Waals surface area contributed by atoms with Crippen molar-refractivity contribution in [3.63, 3.8) is 0 Å². The molecule has 0 aliphatic heterocycles. The van der Waals surface area contributed by atoms with Crippen LogP contribution in [-0.2, 0) is 4.79 Å². The van der Waals surface area contributed by atoms with Gasteiger partial charge in [-0.1, -0.05) is 17.7 Å². The van der Waals surface area contributed by atoms with Gasteiger partial charge in [0.1, 0.15) is 5.75 Å². The Bertz CT molecular complexity index is 459. The van der Waals surface area contributed by atoms with E-state index < -0.39 is 6.10 Å². The summed E-state index contributed by atoms with van der Waals surface area (Å²) >= 11 is 5.90. The van der Waals surface area contributed by atoms with E-state index >= 15 is 0 Å². The molecule has 2 rings (SSSR count). The Kier molecular flexibility index (Phi) is 4.35. The quantitative estimate of drug-likeness (QED) is 0.828. The van der Waals surface area contributed by atoms with Crippen LogP contribution in [0.5, 0.6) is 5.75 Å². The Labute approximate surface area is 119 Å². The van der Waals surface area contributed by atoms with Gasteiger partial charge in [0.2, 0.25) is 0 Å². The van der Waals surface area contributed by atoms with E-state index in [0.29, 0.717) is 16.7 Å². The van der Waals surface area contributed by atoms with Gasteiger partial charge in [-0.2, -0.15) is 0 Å². The van der Waals surface area contributed by atoms with E-state index in [9.17, 15) is 4.79 Å². The van der Waals surface area contributed by atoms with Gasteiger partial charge in [0.25, 0.3) is 5.91 Å². The zero-order valence-electron chi connectivity index (χ0n) is 11.6. The minimum atomic E-state index is -0.496. The fraction of sp³-hybridized carbons (Fsp3) is 0.533. The monoisotopic (exact) mass is 281 g/mol. The van der Waals surface area contributed by atoms with Crippen LogP contribution in [0.2, 0.25) is 5.02 Å². The lowest BCUT2D eigenvalue weighted by Gasteiger charge is -2.27. The molecular formula is C15H20ClNO2. The Morgan fingerprint density at radius 1 is 1.42 bits per heavy atom. The van der Waals surface area contributed by atoms with E-state index in [2.05, 4.69) is 6.92 Å². The van der Waals surface area contributed by atoms with E-state index in [0.717, 1.165) is 0 Å². The van der Waals surface area contributed by atoms with Crippen LogP contribution >= 0.6 is 11.6 Å². The van der Waals surface area contributed by atoms with Crippen molar-refractivity contribution in [2.45, 2.75) is 38.8 Å². The first-order valence-electron chi connectivity index (χ1n) is 6.68. The molecule has 0 radical (unpaired) electrons. The smallest absolute Gasteiger partial charge is 0.263 e. The predicted molar refractivity (Wildman–Crippen MR) is 76.5 cm³/mol. The third-order valence-corrected chi connectivity index (χ3v) is 3.95. The van der Waals surface area contributed by atoms with E-state index in [1.54, 1.807) is 30.0 Å². The van der Waals surface area contributed by atoms with Crippen molar-refractivity contribution in [1.29, 1.82) is 0 Å². The van der Waals surface area contributed by atoms with Crippen molar-refractivity contribution in [2.24, 2.45) is 5.92 Å². The second-order valence-corrected chi connectivity index (χ2v) is 5.68. The standard InChI is InChI=1S/C15H20ClNO2/c1-10(12-7-8-12)17(3)15(18)11(2)19-14-6-4-5-13(16)9-14/h4-6,9-12H,7-8H2,1-3H3. The molecule has 4 heteroatoms.